The van der Waals surface area contributed by atoms with Crippen molar-refractivity contribution < 1.29 is 29.4 Å². The number of carboxylic acid groups (broad SMARTS) is 1. The lowest BCUT2D eigenvalue weighted by molar-refractivity contribution is -0.143. The number of hydrogen-bond donors (Lipinski definition) is 6. The van der Waals surface area contributed by atoms with Crippen molar-refractivity contribution in [3.05, 3.63) is 29.8 Å². The fourth-order valence-electron chi connectivity index (χ4n) is 4.26. The number of benzene rings is 1. The minimum absolute atomic E-state index is 0.0114. The Bertz CT molecular complexity index is 915. The SMILES string of the molecule is CSCCC(NC(=O)C1CCCN1C(=O)C(N)CCCCN)C(=O)NC(Cc1ccc(O)cc1)C(=O)O. The number of carbonyl (C=O) groups is 4. The smallest absolute Gasteiger partial charge is 0.326 e. The van der Waals surface area contributed by atoms with Gasteiger partial charge in [0, 0.05) is 13.0 Å². The molecule has 12 heteroatoms. The first-order valence-corrected chi connectivity index (χ1v) is 13.9. The Hall–Kier alpha value is -2.83. The summed E-state index contributed by atoms with van der Waals surface area (Å²) < 4.78 is 0. The third-order valence-corrected chi connectivity index (χ3v) is 7.00. The van der Waals surface area contributed by atoms with Gasteiger partial charge in [0.25, 0.3) is 0 Å². The van der Waals surface area contributed by atoms with Gasteiger partial charge in [0.1, 0.15) is 23.9 Å². The molecule has 4 unspecified atom stereocenters. The van der Waals surface area contributed by atoms with Crippen LogP contribution in [0.4, 0.5) is 0 Å². The molecule has 4 atom stereocenters. The summed E-state index contributed by atoms with van der Waals surface area (Å²) in [7, 11) is 0. The first-order valence-electron chi connectivity index (χ1n) is 12.5. The molecule has 1 aliphatic rings. The Morgan fingerprint density at radius 2 is 1.81 bits per heavy atom. The molecule has 1 heterocycles. The van der Waals surface area contributed by atoms with Crippen LogP contribution >= 0.6 is 11.8 Å². The summed E-state index contributed by atoms with van der Waals surface area (Å²) in [6, 6.07) is 2.41. The Balaban J connectivity index is 2.06. The predicted molar refractivity (Wildman–Crippen MR) is 142 cm³/mol. The van der Waals surface area contributed by atoms with E-state index in [1.54, 1.807) is 12.1 Å². The fourth-order valence-corrected chi connectivity index (χ4v) is 4.73. The summed E-state index contributed by atoms with van der Waals surface area (Å²) in [5.41, 5.74) is 12.2. The van der Waals surface area contributed by atoms with Crippen molar-refractivity contribution in [3.63, 3.8) is 0 Å². The number of carboxylic acids is 1. The minimum atomic E-state index is -1.22. The average molecular weight is 538 g/mol. The van der Waals surface area contributed by atoms with Gasteiger partial charge in [-0.3, -0.25) is 14.4 Å². The molecule has 0 aliphatic carbocycles. The quantitative estimate of drug-likeness (QED) is 0.170. The second kappa shape index (κ2) is 15.4. The van der Waals surface area contributed by atoms with E-state index in [0.717, 1.165) is 12.8 Å². The highest BCUT2D eigenvalue weighted by Crippen LogP contribution is 2.20. The third-order valence-electron chi connectivity index (χ3n) is 6.36. The first kappa shape index (κ1) is 30.4. The van der Waals surface area contributed by atoms with Crippen LogP contribution in [-0.4, -0.2) is 88.1 Å². The predicted octanol–water partition coefficient (Wildman–Crippen LogP) is 0.189. The fraction of sp³-hybridized carbons (Fsp3) is 0.600. The number of carbonyl (C=O) groups excluding carboxylic acids is 3. The number of thioether (sulfide) groups is 1. The minimum Gasteiger partial charge on any atom is -0.508 e. The highest BCUT2D eigenvalue weighted by Gasteiger charge is 2.37. The maximum Gasteiger partial charge on any atom is 0.326 e. The van der Waals surface area contributed by atoms with E-state index < -0.39 is 42.0 Å². The number of aliphatic carboxylic acids is 1. The van der Waals surface area contributed by atoms with Crippen LogP contribution in [0.3, 0.4) is 0 Å². The molecule has 2 rings (SSSR count). The van der Waals surface area contributed by atoms with Crippen LogP contribution in [0.5, 0.6) is 5.75 Å². The van der Waals surface area contributed by atoms with E-state index in [-0.39, 0.29) is 18.1 Å². The molecule has 1 aromatic rings. The standard InChI is InChI=1S/C25H39N5O6S/c1-37-14-11-19(22(32)29-20(25(35)36)15-16-7-9-17(31)10-8-16)28-23(33)21-6-4-13-30(21)24(34)18(27)5-2-3-12-26/h7-10,18-21,31H,2-6,11-15,26-27H2,1H3,(H,28,33)(H,29,32)(H,35,36). The first-order chi connectivity index (χ1) is 17.7. The molecular weight excluding hydrogens is 498 g/mol. The summed E-state index contributed by atoms with van der Waals surface area (Å²) >= 11 is 1.49. The molecule has 0 bridgehead atoms. The molecule has 37 heavy (non-hydrogen) atoms. The number of likely N-dealkylation sites (tertiary alicyclic amines) is 1. The number of amides is 3. The van der Waals surface area contributed by atoms with Gasteiger partial charge in [0.15, 0.2) is 0 Å². The topological polar surface area (TPSA) is 188 Å². The summed E-state index contributed by atoms with van der Waals surface area (Å²) in [6.07, 6.45) is 5.25. The molecule has 0 radical (unpaired) electrons. The highest BCUT2D eigenvalue weighted by molar-refractivity contribution is 7.98. The molecule has 0 aromatic heterocycles. The van der Waals surface area contributed by atoms with Gasteiger partial charge in [-0.1, -0.05) is 18.6 Å². The Morgan fingerprint density at radius 3 is 2.43 bits per heavy atom. The summed E-state index contributed by atoms with van der Waals surface area (Å²) in [6.45, 7) is 0.934. The average Bonchev–Trinajstić information content (AvgIpc) is 3.37. The van der Waals surface area contributed by atoms with E-state index in [9.17, 15) is 29.4 Å². The van der Waals surface area contributed by atoms with Gasteiger partial charge in [-0.25, -0.2) is 4.79 Å². The number of nitrogens with two attached hydrogens (primary N) is 2. The number of nitrogens with one attached hydrogen (secondary N) is 2. The van der Waals surface area contributed by atoms with Crippen LogP contribution in [0.15, 0.2) is 24.3 Å². The Kier molecular flexibility index (Phi) is 12.7. The molecule has 0 spiro atoms. The molecule has 3 amide bonds. The molecule has 8 N–H and O–H groups in total. The van der Waals surface area contributed by atoms with Gasteiger partial charge < -0.3 is 37.2 Å². The molecule has 1 saturated heterocycles. The number of rotatable bonds is 15. The van der Waals surface area contributed by atoms with Gasteiger partial charge in [-0.15, -0.1) is 0 Å². The van der Waals surface area contributed by atoms with Crippen molar-refractivity contribution in [2.24, 2.45) is 11.5 Å². The summed E-state index contributed by atoms with van der Waals surface area (Å²) in [5.74, 6) is -1.95. The molecule has 0 saturated carbocycles. The highest BCUT2D eigenvalue weighted by atomic mass is 32.2. The molecule has 1 aliphatic heterocycles. The molecular formula is C25H39N5O6S. The second-order valence-electron chi connectivity index (χ2n) is 9.19. The number of unbranched alkanes of at least 4 members (excludes halogenated alkanes) is 1. The van der Waals surface area contributed by atoms with Crippen LogP contribution in [0, 0.1) is 0 Å². The molecule has 11 nitrogen and oxygen atoms in total. The van der Waals surface area contributed by atoms with Crippen molar-refractivity contribution in [3.8, 4) is 5.75 Å². The summed E-state index contributed by atoms with van der Waals surface area (Å²) in [5, 5.41) is 24.4. The maximum atomic E-state index is 13.2. The van der Waals surface area contributed by atoms with Gasteiger partial charge >= 0.3 is 5.97 Å². The van der Waals surface area contributed by atoms with E-state index in [1.807, 2.05) is 6.26 Å². The van der Waals surface area contributed by atoms with E-state index >= 15 is 0 Å². The second-order valence-corrected chi connectivity index (χ2v) is 10.2. The monoisotopic (exact) mass is 537 g/mol. The molecule has 1 fully saturated rings. The zero-order valence-electron chi connectivity index (χ0n) is 21.2. The lowest BCUT2D eigenvalue weighted by Gasteiger charge is -2.28. The lowest BCUT2D eigenvalue weighted by atomic mass is 10.0. The summed E-state index contributed by atoms with van der Waals surface area (Å²) in [4.78, 5) is 52.5. The number of phenols is 1. The van der Waals surface area contributed by atoms with Crippen LogP contribution in [0.2, 0.25) is 0 Å². The van der Waals surface area contributed by atoms with Gasteiger partial charge in [0.2, 0.25) is 17.7 Å². The number of aromatic hydroxyl groups is 1. The largest absolute Gasteiger partial charge is 0.508 e. The van der Waals surface area contributed by atoms with E-state index in [2.05, 4.69) is 10.6 Å². The van der Waals surface area contributed by atoms with Gasteiger partial charge in [0.05, 0.1) is 6.04 Å². The van der Waals surface area contributed by atoms with Crippen LogP contribution in [-0.2, 0) is 25.6 Å². The molecule has 1 aromatic carbocycles. The zero-order chi connectivity index (χ0) is 27.4. The Morgan fingerprint density at radius 1 is 1.11 bits per heavy atom. The van der Waals surface area contributed by atoms with Gasteiger partial charge in [-0.05, 0) is 68.4 Å². The third kappa shape index (κ3) is 9.52. The maximum absolute atomic E-state index is 13.2. The van der Waals surface area contributed by atoms with Crippen molar-refractivity contribution >= 4 is 35.5 Å². The van der Waals surface area contributed by atoms with Gasteiger partial charge in [-0.2, -0.15) is 11.8 Å². The van der Waals surface area contributed by atoms with E-state index in [4.69, 9.17) is 11.5 Å². The lowest BCUT2D eigenvalue weighted by Crippen LogP contribution is -2.57. The normalized spacial score (nSPS) is 17.6. The van der Waals surface area contributed by atoms with Crippen molar-refractivity contribution in [1.82, 2.24) is 15.5 Å². The van der Waals surface area contributed by atoms with Crippen molar-refractivity contribution in [1.29, 1.82) is 0 Å². The van der Waals surface area contributed by atoms with E-state index in [0.29, 0.717) is 50.1 Å². The van der Waals surface area contributed by atoms with Crippen molar-refractivity contribution in [2.45, 2.75) is 69.1 Å². The van der Waals surface area contributed by atoms with Crippen LogP contribution < -0.4 is 22.1 Å². The number of hydrogen-bond acceptors (Lipinski definition) is 8. The Labute approximate surface area is 221 Å². The number of phenolic OH excluding ortho intramolecular Hbond substituents is 1. The van der Waals surface area contributed by atoms with Crippen molar-refractivity contribution in [2.75, 3.05) is 25.1 Å². The van der Waals surface area contributed by atoms with E-state index in [1.165, 1.54) is 28.8 Å². The zero-order valence-corrected chi connectivity index (χ0v) is 22.0. The molecule has 206 valence electrons. The number of nitrogens with zero attached hydrogens (tertiary/aromatic N) is 1. The van der Waals surface area contributed by atoms with Crippen LogP contribution in [0.1, 0.15) is 44.1 Å². The van der Waals surface area contributed by atoms with Crippen LogP contribution in [0.25, 0.3) is 0 Å².